The first-order valence-electron chi connectivity index (χ1n) is 9.12. The second-order valence-corrected chi connectivity index (χ2v) is 10.4. The van der Waals surface area contributed by atoms with Crippen molar-refractivity contribution in [2.45, 2.75) is 16.7 Å². The molecule has 1 aliphatic rings. The number of aromatic nitrogens is 1. The number of benzene rings is 2. The Bertz CT molecular complexity index is 1130. The van der Waals surface area contributed by atoms with E-state index in [9.17, 15) is 13.2 Å². The predicted molar refractivity (Wildman–Crippen MR) is 117 cm³/mol. The van der Waals surface area contributed by atoms with Gasteiger partial charge in [-0.15, -0.1) is 11.8 Å². The second kappa shape index (κ2) is 8.49. The van der Waals surface area contributed by atoms with Gasteiger partial charge in [0.15, 0.2) is 6.29 Å². The molecule has 1 aromatic heterocycles. The molecular weight excluding hydrogens is 430 g/mol. The summed E-state index contributed by atoms with van der Waals surface area (Å²) in [6.45, 7) is 1.83. The molecule has 0 amide bonds. The standard InChI is InChI=1S/C20H20ClN3O3S2/c21-15-6-7-18-17(8-15)20(19(12-25)23-18)29(26,27)24-11-16(28-13-24)10-22-9-14-4-2-1-3-5-14/h1-8,12,16,22-23H,9-11,13H2. The van der Waals surface area contributed by atoms with Crippen molar-refractivity contribution in [3.8, 4) is 0 Å². The van der Waals surface area contributed by atoms with Crippen molar-refractivity contribution in [1.29, 1.82) is 0 Å². The molecule has 1 fully saturated rings. The van der Waals surface area contributed by atoms with Gasteiger partial charge in [-0.25, -0.2) is 8.42 Å². The zero-order valence-electron chi connectivity index (χ0n) is 15.5. The van der Waals surface area contributed by atoms with Crippen molar-refractivity contribution in [2.24, 2.45) is 0 Å². The molecule has 0 bridgehead atoms. The lowest BCUT2D eigenvalue weighted by molar-refractivity contribution is 0.111. The molecule has 1 unspecified atom stereocenters. The molecule has 2 aromatic carbocycles. The first-order valence-corrected chi connectivity index (χ1v) is 12.0. The number of aldehydes is 1. The minimum Gasteiger partial charge on any atom is -0.351 e. The smallest absolute Gasteiger partial charge is 0.246 e. The van der Waals surface area contributed by atoms with Gasteiger partial charge in [-0.1, -0.05) is 41.9 Å². The van der Waals surface area contributed by atoms with Crippen LogP contribution in [0.25, 0.3) is 10.9 Å². The summed E-state index contributed by atoms with van der Waals surface area (Å²) in [5, 5.41) is 4.39. The van der Waals surface area contributed by atoms with Gasteiger partial charge in [-0.05, 0) is 23.8 Å². The average Bonchev–Trinajstić information content (AvgIpc) is 3.33. The third kappa shape index (κ3) is 4.22. The third-order valence-electron chi connectivity index (χ3n) is 4.86. The average molecular weight is 450 g/mol. The zero-order chi connectivity index (χ0) is 20.4. The first-order chi connectivity index (χ1) is 14.0. The summed E-state index contributed by atoms with van der Waals surface area (Å²) in [6, 6.07) is 15.0. The minimum atomic E-state index is -3.83. The SMILES string of the molecule is O=Cc1[nH]c2ccc(Cl)cc2c1S(=O)(=O)N1CSC(CNCc2ccccc2)C1. The number of H-pyrrole nitrogens is 1. The van der Waals surface area contributed by atoms with Crippen LogP contribution in [0.2, 0.25) is 5.02 Å². The van der Waals surface area contributed by atoms with E-state index < -0.39 is 10.0 Å². The highest BCUT2D eigenvalue weighted by molar-refractivity contribution is 8.01. The van der Waals surface area contributed by atoms with Crippen LogP contribution in [-0.2, 0) is 16.6 Å². The monoisotopic (exact) mass is 449 g/mol. The van der Waals surface area contributed by atoms with Crippen molar-refractivity contribution >= 4 is 50.6 Å². The molecule has 4 rings (SSSR count). The molecule has 2 heterocycles. The van der Waals surface area contributed by atoms with Gasteiger partial charge in [0.2, 0.25) is 10.0 Å². The Hall–Kier alpha value is -1.84. The molecule has 2 N–H and O–H groups in total. The van der Waals surface area contributed by atoms with E-state index in [-0.39, 0.29) is 15.8 Å². The van der Waals surface area contributed by atoms with Crippen molar-refractivity contribution in [3.05, 3.63) is 64.8 Å². The minimum absolute atomic E-state index is 0.00324. The van der Waals surface area contributed by atoms with Gasteiger partial charge in [0.05, 0.1) is 11.6 Å². The largest absolute Gasteiger partial charge is 0.351 e. The number of hydrogen-bond donors (Lipinski definition) is 2. The van der Waals surface area contributed by atoms with Crippen LogP contribution in [0.5, 0.6) is 0 Å². The first kappa shape index (κ1) is 20.4. The van der Waals surface area contributed by atoms with Gasteiger partial charge in [0.25, 0.3) is 0 Å². The van der Waals surface area contributed by atoms with Gasteiger partial charge in [0, 0.05) is 40.8 Å². The summed E-state index contributed by atoms with van der Waals surface area (Å²) >= 11 is 7.65. The summed E-state index contributed by atoms with van der Waals surface area (Å²) in [6.07, 6.45) is 0.545. The Kier molecular flexibility index (Phi) is 5.98. The molecule has 6 nitrogen and oxygen atoms in total. The van der Waals surface area contributed by atoms with E-state index >= 15 is 0 Å². The number of hydrogen-bond acceptors (Lipinski definition) is 5. The molecule has 0 saturated carbocycles. The number of thioether (sulfide) groups is 1. The van der Waals surface area contributed by atoms with E-state index in [1.165, 1.54) is 9.87 Å². The van der Waals surface area contributed by atoms with Crippen molar-refractivity contribution in [3.63, 3.8) is 0 Å². The van der Waals surface area contributed by atoms with Gasteiger partial charge < -0.3 is 10.3 Å². The predicted octanol–water partition coefficient (Wildman–Crippen LogP) is 3.49. The molecule has 152 valence electrons. The highest BCUT2D eigenvalue weighted by Crippen LogP contribution is 2.34. The summed E-state index contributed by atoms with van der Waals surface area (Å²) in [5.74, 6) is 0.353. The van der Waals surface area contributed by atoms with Crippen LogP contribution in [0.15, 0.2) is 53.4 Å². The number of nitrogens with zero attached hydrogens (tertiary/aromatic N) is 1. The lowest BCUT2D eigenvalue weighted by atomic mass is 10.2. The topological polar surface area (TPSA) is 82.3 Å². The van der Waals surface area contributed by atoms with Crippen LogP contribution >= 0.6 is 23.4 Å². The van der Waals surface area contributed by atoms with E-state index in [1.54, 1.807) is 30.0 Å². The quantitative estimate of drug-likeness (QED) is 0.539. The second-order valence-electron chi connectivity index (χ2n) is 6.85. The lowest BCUT2D eigenvalue weighted by Crippen LogP contribution is -2.33. The molecule has 0 radical (unpaired) electrons. The van der Waals surface area contributed by atoms with E-state index in [2.05, 4.69) is 22.4 Å². The molecule has 1 saturated heterocycles. The number of nitrogens with one attached hydrogen (secondary N) is 2. The molecular formula is C20H20ClN3O3S2. The van der Waals surface area contributed by atoms with Crippen molar-refractivity contribution in [1.82, 2.24) is 14.6 Å². The van der Waals surface area contributed by atoms with Crippen molar-refractivity contribution in [2.75, 3.05) is 19.0 Å². The normalized spacial score (nSPS) is 17.8. The Balaban J connectivity index is 1.49. The van der Waals surface area contributed by atoms with Gasteiger partial charge in [-0.2, -0.15) is 4.31 Å². The lowest BCUT2D eigenvalue weighted by Gasteiger charge is -2.16. The Morgan fingerprint density at radius 2 is 2.03 bits per heavy atom. The molecule has 29 heavy (non-hydrogen) atoms. The van der Waals surface area contributed by atoms with Crippen molar-refractivity contribution < 1.29 is 13.2 Å². The Labute approximate surface area is 178 Å². The highest BCUT2D eigenvalue weighted by Gasteiger charge is 2.36. The van der Waals surface area contributed by atoms with Gasteiger partial charge in [-0.3, -0.25) is 4.79 Å². The van der Waals surface area contributed by atoms with Crippen LogP contribution in [0.4, 0.5) is 0 Å². The molecule has 0 spiro atoms. The van der Waals surface area contributed by atoms with E-state index in [0.717, 1.165) is 6.54 Å². The molecule has 0 aliphatic carbocycles. The fourth-order valence-corrected chi connectivity index (χ4v) is 6.90. The maximum atomic E-state index is 13.3. The number of carbonyl (C=O) groups excluding carboxylic acids is 1. The number of carbonyl (C=O) groups is 1. The third-order valence-corrected chi connectivity index (χ3v) is 8.42. The molecule has 3 aromatic rings. The molecule has 1 atom stereocenters. The number of rotatable bonds is 7. The molecule has 1 aliphatic heterocycles. The van der Waals surface area contributed by atoms with Crippen LogP contribution in [0.1, 0.15) is 16.1 Å². The summed E-state index contributed by atoms with van der Waals surface area (Å²) in [5.41, 5.74) is 1.81. The summed E-state index contributed by atoms with van der Waals surface area (Å²) in [4.78, 5) is 14.4. The Morgan fingerprint density at radius 1 is 1.24 bits per heavy atom. The highest BCUT2D eigenvalue weighted by atomic mass is 35.5. The fourth-order valence-electron chi connectivity index (χ4n) is 3.44. The number of fused-ring (bicyclic) bond motifs is 1. The maximum Gasteiger partial charge on any atom is 0.246 e. The van der Waals surface area contributed by atoms with Gasteiger partial charge >= 0.3 is 0 Å². The number of sulfonamides is 1. The fraction of sp³-hybridized carbons (Fsp3) is 0.250. The van der Waals surface area contributed by atoms with Crippen LogP contribution in [0, 0.1) is 0 Å². The number of aromatic amines is 1. The number of halogens is 1. The van der Waals surface area contributed by atoms with E-state index in [0.29, 0.717) is 41.2 Å². The van der Waals surface area contributed by atoms with Crippen LogP contribution in [0.3, 0.4) is 0 Å². The van der Waals surface area contributed by atoms with Gasteiger partial charge in [0.1, 0.15) is 4.90 Å². The van der Waals surface area contributed by atoms with Crippen LogP contribution < -0.4 is 5.32 Å². The zero-order valence-corrected chi connectivity index (χ0v) is 17.9. The molecule has 9 heteroatoms. The van der Waals surface area contributed by atoms with E-state index in [4.69, 9.17) is 11.6 Å². The summed E-state index contributed by atoms with van der Waals surface area (Å²) in [7, 11) is -3.83. The van der Waals surface area contributed by atoms with E-state index in [1.807, 2.05) is 18.2 Å². The van der Waals surface area contributed by atoms with Crippen LogP contribution in [-0.4, -0.2) is 48.2 Å². The maximum absolute atomic E-state index is 13.3. The Morgan fingerprint density at radius 3 is 2.79 bits per heavy atom. The summed E-state index contributed by atoms with van der Waals surface area (Å²) < 4.78 is 28.1.